The highest BCUT2D eigenvalue weighted by molar-refractivity contribution is 6.29. The van der Waals surface area contributed by atoms with Crippen molar-refractivity contribution in [3.05, 3.63) is 23.9 Å². The number of carbonyl (C=O) groups excluding carboxylic acids is 1. The summed E-state index contributed by atoms with van der Waals surface area (Å²) >= 11 is 5.68. The van der Waals surface area contributed by atoms with Crippen LogP contribution in [0.25, 0.3) is 0 Å². The van der Waals surface area contributed by atoms with Gasteiger partial charge in [0, 0.05) is 24.9 Å². The Hall–Kier alpha value is -1.29. The van der Waals surface area contributed by atoms with Gasteiger partial charge in [0.15, 0.2) is 5.82 Å². The molecular formula is C9H10ClN3O. The molecule has 1 aromatic heterocycles. The van der Waals surface area contributed by atoms with E-state index in [1.54, 1.807) is 17.0 Å². The van der Waals surface area contributed by atoms with Crippen molar-refractivity contribution >= 4 is 23.3 Å². The Labute approximate surface area is 86.5 Å². The summed E-state index contributed by atoms with van der Waals surface area (Å²) in [6, 6.07) is 1.64. The number of H-pyrrole nitrogens is 1. The molecule has 1 N–H and O–H groups in total. The number of anilines is 1. The Balaban J connectivity index is 2.20. The molecule has 5 heteroatoms. The zero-order valence-corrected chi connectivity index (χ0v) is 8.29. The normalized spacial score (nSPS) is 21.6. The molecule has 0 spiro atoms. The molecule has 0 aromatic carbocycles. The minimum atomic E-state index is 0.0677. The van der Waals surface area contributed by atoms with Crippen LogP contribution >= 0.6 is 11.6 Å². The summed E-state index contributed by atoms with van der Waals surface area (Å²) in [6.45, 7) is 4.32. The summed E-state index contributed by atoms with van der Waals surface area (Å²) in [6.07, 6.45) is 2.31. The van der Waals surface area contributed by atoms with Crippen LogP contribution in [0.15, 0.2) is 18.7 Å². The molecule has 1 amide bonds. The SMILES string of the molecule is C=CC1CC(=O)N(c2cc(Cl)[nH]n2)C1. The number of rotatable bonds is 2. The van der Waals surface area contributed by atoms with Crippen molar-refractivity contribution in [3.63, 3.8) is 0 Å². The molecule has 1 saturated heterocycles. The van der Waals surface area contributed by atoms with Crippen molar-refractivity contribution < 1.29 is 4.79 Å². The quantitative estimate of drug-likeness (QED) is 0.756. The average molecular weight is 212 g/mol. The maximum absolute atomic E-state index is 11.5. The molecular weight excluding hydrogens is 202 g/mol. The van der Waals surface area contributed by atoms with Gasteiger partial charge in [0.1, 0.15) is 5.15 Å². The Kier molecular flexibility index (Phi) is 2.29. The summed E-state index contributed by atoms with van der Waals surface area (Å²) in [5, 5.41) is 6.97. The first-order chi connectivity index (χ1) is 6.70. The summed E-state index contributed by atoms with van der Waals surface area (Å²) in [5.41, 5.74) is 0. The van der Waals surface area contributed by atoms with E-state index in [-0.39, 0.29) is 11.8 Å². The Bertz CT molecular complexity index is 374. The highest BCUT2D eigenvalue weighted by Crippen LogP contribution is 2.25. The summed E-state index contributed by atoms with van der Waals surface area (Å²) in [5.74, 6) is 0.875. The van der Waals surface area contributed by atoms with Crippen LogP contribution in [-0.2, 0) is 4.79 Å². The highest BCUT2D eigenvalue weighted by atomic mass is 35.5. The lowest BCUT2D eigenvalue weighted by molar-refractivity contribution is -0.117. The fourth-order valence-electron chi connectivity index (χ4n) is 1.54. The fourth-order valence-corrected chi connectivity index (χ4v) is 1.68. The van der Waals surface area contributed by atoms with Crippen molar-refractivity contribution in [3.8, 4) is 0 Å². The van der Waals surface area contributed by atoms with Crippen molar-refractivity contribution in [2.45, 2.75) is 6.42 Å². The van der Waals surface area contributed by atoms with Crippen molar-refractivity contribution in [1.82, 2.24) is 10.2 Å². The topological polar surface area (TPSA) is 49.0 Å². The molecule has 1 atom stereocenters. The number of aromatic amines is 1. The predicted octanol–water partition coefficient (Wildman–Crippen LogP) is 1.60. The third-order valence-electron chi connectivity index (χ3n) is 2.30. The van der Waals surface area contributed by atoms with E-state index >= 15 is 0 Å². The summed E-state index contributed by atoms with van der Waals surface area (Å²) < 4.78 is 0. The third-order valence-corrected chi connectivity index (χ3v) is 2.49. The molecule has 1 aromatic rings. The van der Waals surface area contributed by atoms with E-state index < -0.39 is 0 Å². The maximum Gasteiger partial charge on any atom is 0.228 e. The van der Waals surface area contributed by atoms with Gasteiger partial charge < -0.3 is 0 Å². The largest absolute Gasteiger partial charge is 0.295 e. The lowest BCUT2D eigenvalue weighted by Crippen LogP contribution is -2.24. The van der Waals surface area contributed by atoms with E-state index in [4.69, 9.17) is 11.6 Å². The molecule has 1 unspecified atom stereocenters. The van der Waals surface area contributed by atoms with Crippen LogP contribution in [0.3, 0.4) is 0 Å². The van der Waals surface area contributed by atoms with Gasteiger partial charge in [-0.05, 0) is 0 Å². The number of halogens is 1. The van der Waals surface area contributed by atoms with Crippen LogP contribution in [0.1, 0.15) is 6.42 Å². The van der Waals surface area contributed by atoms with Gasteiger partial charge in [-0.25, -0.2) is 0 Å². The van der Waals surface area contributed by atoms with E-state index in [0.29, 0.717) is 23.9 Å². The maximum atomic E-state index is 11.5. The van der Waals surface area contributed by atoms with Crippen LogP contribution in [0.5, 0.6) is 0 Å². The van der Waals surface area contributed by atoms with E-state index in [9.17, 15) is 4.79 Å². The second-order valence-corrected chi connectivity index (χ2v) is 3.69. The first-order valence-corrected chi connectivity index (χ1v) is 4.72. The molecule has 2 rings (SSSR count). The third kappa shape index (κ3) is 1.53. The lowest BCUT2D eigenvalue weighted by Gasteiger charge is -2.11. The van der Waals surface area contributed by atoms with Crippen molar-refractivity contribution in [2.75, 3.05) is 11.4 Å². The molecule has 0 radical (unpaired) electrons. The molecule has 2 heterocycles. The van der Waals surface area contributed by atoms with E-state index in [2.05, 4.69) is 16.8 Å². The molecule has 1 aliphatic rings. The van der Waals surface area contributed by atoms with Crippen molar-refractivity contribution in [1.29, 1.82) is 0 Å². The van der Waals surface area contributed by atoms with Crippen LogP contribution in [0.2, 0.25) is 5.15 Å². The second kappa shape index (κ2) is 3.46. The molecule has 14 heavy (non-hydrogen) atoms. The molecule has 0 bridgehead atoms. The van der Waals surface area contributed by atoms with Gasteiger partial charge in [0.25, 0.3) is 0 Å². The van der Waals surface area contributed by atoms with Gasteiger partial charge in [-0.15, -0.1) is 6.58 Å². The minimum absolute atomic E-state index is 0.0677. The van der Waals surface area contributed by atoms with Crippen LogP contribution in [-0.4, -0.2) is 22.6 Å². The van der Waals surface area contributed by atoms with E-state index in [1.165, 1.54) is 0 Å². The molecule has 1 aliphatic heterocycles. The Morgan fingerprint density at radius 2 is 2.57 bits per heavy atom. The molecule has 0 aliphatic carbocycles. The molecule has 1 fully saturated rings. The predicted molar refractivity (Wildman–Crippen MR) is 54.3 cm³/mol. The summed E-state index contributed by atoms with van der Waals surface area (Å²) in [7, 11) is 0. The van der Waals surface area contributed by atoms with Gasteiger partial charge in [0.2, 0.25) is 5.91 Å². The number of nitrogens with zero attached hydrogens (tertiary/aromatic N) is 2. The Morgan fingerprint density at radius 1 is 1.79 bits per heavy atom. The monoisotopic (exact) mass is 211 g/mol. The summed E-state index contributed by atoms with van der Waals surface area (Å²) in [4.78, 5) is 13.2. The zero-order valence-electron chi connectivity index (χ0n) is 7.53. The van der Waals surface area contributed by atoms with Gasteiger partial charge in [0.05, 0.1) is 0 Å². The number of hydrogen-bond acceptors (Lipinski definition) is 2. The van der Waals surface area contributed by atoms with Gasteiger partial charge in [-0.1, -0.05) is 17.7 Å². The van der Waals surface area contributed by atoms with Gasteiger partial charge in [-0.3, -0.25) is 14.8 Å². The van der Waals surface area contributed by atoms with Gasteiger partial charge >= 0.3 is 0 Å². The Morgan fingerprint density at radius 3 is 3.07 bits per heavy atom. The second-order valence-electron chi connectivity index (χ2n) is 3.28. The standard InChI is InChI=1S/C9H10ClN3O/c1-2-6-3-9(14)13(5-6)8-4-7(10)11-12-8/h2,4,6H,1,3,5H2,(H,11,12). The zero-order chi connectivity index (χ0) is 10.1. The van der Waals surface area contributed by atoms with E-state index in [0.717, 1.165) is 0 Å². The number of amides is 1. The number of hydrogen-bond donors (Lipinski definition) is 1. The average Bonchev–Trinajstić information content (AvgIpc) is 2.71. The first kappa shape index (κ1) is 9.27. The smallest absolute Gasteiger partial charge is 0.228 e. The minimum Gasteiger partial charge on any atom is -0.295 e. The lowest BCUT2D eigenvalue weighted by atomic mass is 10.1. The van der Waals surface area contributed by atoms with Crippen LogP contribution in [0, 0.1) is 5.92 Å². The fraction of sp³-hybridized carbons (Fsp3) is 0.333. The molecule has 74 valence electrons. The molecule has 0 saturated carbocycles. The molecule has 4 nitrogen and oxygen atoms in total. The van der Waals surface area contributed by atoms with Crippen molar-refractivity contribution in [2.24, 2.45) is 5.92 Å². The number of nitrogens with one attached hydrogen (secondary N) is 1. The van der Waals surface area contributed by atoms with E-state index in [1.807, 2.05) is 0 Å². The van der Waals surface area contributed by atoms with Crippen LogP contribution < -0.4 is 4.90 Å². The highest BCUT2D eigenvalue weighted by Gasteiger charge is 2.29. The number of carbonyl (C=O) groups is 1. The number of aromatic nitrogens is 2. The van der Waals surface area contributed by atoms with Crippen LogP contribution in [0.4, 0.5) is 5.82 Å². The van der Waals surface area contributed by atoms with Gasteiger partial charge in [-0.2, -0.15) is 5.10 Å². The first-order valence-electron chi connectivity index (χ1n) is 4.34.